The van der Waals surface area contributed by atoms with Gasteiger partial charge in [0.2, 0.25) is 0 Å². The van der Waals surface area contributed by atoms with Crippen molar-refractivity contribution in [1.82, 2.24) is 14.5 Å². The number of nitrogens with zero attached hydrogens (tertiary/aromatic N) is 4. The summed E-state index contributed by atoms with van der Waals surface area (Å²) in [5.74, 6) is 0.941. The lowest BCUT2D eigenvalue weighted by Crippen LogP contribution is -2.12. The molecule has 0 fully saturated rings. The Morgan fingerprint density at radius 3 is 2.32 bits per heavy atom. The van der Waals surface area contributed by atoms with Crippen molar-refractivity contribution in [2.75, 3.05) is 19.0 Å². The highest BCUT2D eigenvalue weighted by atomic mass is 16.3. The van der Waals surface area contributed by atoms with Gasteiger partial charge in [0.1, 0.15) is 5.82 Å². The third-order valence-corrected chi connectivity index (χ3v) is 4.87. The van der Waals surface area contributed by atoms with E-state index in [2.05, 4.69) is 50.9 Å². The molecule has 4 rings (SSSR count). The minimum Gasteiger partial charge on any atom is -0.392 e. The maximum atomic E-state index is 9.96. The number of rotatable bonds is 5. The highest BCUT2D eigenvalue weighted by Gasteiger charge is 2.13. The number of pyridine rings is 2. The molecule has 0 amide bonds. The van der Waals surface area contributed by atoms with Crippen molar-refractivity contribution in [3.63, 3.8) is 0 Å². The molecule has 0 aliphatic carbocycles. The van der Waals surface area contributed by atoms with Gasteiger partial charge < -0.3 is 14.6 Å². The molecule has 0 bridgehead atoms. The number of aromatic nitrogens is 3. The van der Waals surface area contributed by atoms with Gasteiger partial charge in [-0.05, 0) is 42.3 Å². The van der Waals surface area contributed by atoms with Crippen molar-refractivity contribution in [3.05, 3.63) is 67.1 Å². The zero-order valence-corrected chi connectivity index (χ0v) is 16.4. The number of anilines is 1. The van der Waals surface area contributed by atoms with E-state index in [1.165, 1.54) is 0 Å². The summed E-state index contributed by atoms with van der Waals surface area (Å²) in [6, 6.07) is 16.7. The lowest BCUT2D eigenvalue weighted by Gasteiger charge is -2.13. The number of aliphatic hydroxyl groups is 1. The highest BCUT2D eigenvalue weighted by Crippen LogP contribution is 2.30. The summed E-state index contributed by atoms with van der Waals surface area (Å²) in [4.78, 5) is 10.7. The second kappa shape index (κ2) is 7.44. The molecule has 142 valence electrons. The van der Waals surface area contributed by atoms with E-state index < -0.39 is 6.10 Å². The summed E-state index contributed by atoms with van der Waals surface area (Å²) >= 11 is 0. The Morgan fingerprint density at radius 2 is 1.68 bits per heavy atom. The first-order chi connectivity index (χ1) is 13.5. The van der Waals surface area contributed by atoms with E-state index in [4.69, 9.17) is 0 Å². The molecule has 0 aliphatic rings. The number of fused-ring (bicyclic) bond motifs is 1. The van der Waals surface area contributed by atoms with E-state index in [0.29, 0.717) is 6.54 Å². The van der Waals surface area contributed by atoms with Crippen LogP contribution in [0.1, 0.15) is 6.92 Å². The smallest absolute Gasteiger partial charge is 0.127 e. The lowest BCUT2D eigenvalue weighted by molar-refractivity contribution is 0.176. The molecule has 1 aromatic carbocycles. The molecule has 5 heteroatoms. The van der Waals surface area contributed by atoms with Gasteiger partial charge in [-0.1, -0.05) is 24.3 Å². The topological polar surface area (TPSA) is 54.2 Å². The third kappa shape index (κ3) is 3.49. The highest BCUT2D eigenvalue weighted by molar-refractivity contribution is 5.86. The minimum absolute atomic E-state index is 0.435. The second-order valence-electron chi connectivity index (χ2n) is 7.30. The molecule has 4 aromatic rings. The standard InChI is InChI=1S/C23H24N4O/c1-16(28)15-27-21(12-19-10-11-24-14-22(19)27)18-6-4-17(5-7-18)20-8-9-23(25-13-20)26(2)3/h4-14,16,28H,15H2,1-3H3/t16-/m1/s1. The fraction of sp³-hybridized carbons (Fsp3) is 0.217. The van der Waals surface area contributed by atoms with Crippen LogP contribution >= 0.6 is 0 Å². The van der Waals surface area contributed by atoms with Gasteiger partial charge in [-0.25, -0.2) is 4.98 Å². The van der Waals surface area contributed by atoms with Gasteiger partial charge in [-0.3, -0.25) is 4.98 Å². The molecule has 0 saturated heterocycles. The van der Waals surface area contributed by atoms with Crippen LogP contribution in [0, 0.1) is 0 Å². The molecular weight excluding hydrogens is 348 g/mol. The maximum absolute atomic E-state index is 9.96. The van der Waals surface area contributed by atoms with Gasteiger partial charge in [-0.2, -0.15) is 0 Å². The van der Waals surface area contributed by atoms with Crippen LogP contribution in [0.15, 0.2) is 67.1 Å². The Balaban J connectivity index is 1.71. The number of hydrogen-bond donors (Lipinski definition) is 1. The quantitative estimate of drug-likeness (QED) is 0.570. The molecule has 0 saturated carbocycles. The molecule has 1 N–H and O–H groups in total. The van der Waals surface area contributed by atoms with Crippen LogP contribution < -0.4 is 4.90 Å². The summed E-state index contributed by atoms with van der Waals surface area (Å²) in [6.45, 7) is 2.33. The molecule has 3 aromatic heterocycles. The van der Waals surface area contributed by atoms with Crippen molar-refractivity contribution in [2.45, 2.75) is 19.6 Å². The van der Waals surface area contributed by atoms with Crippen molar-refractivity contribution < 1.29 is 5.11 Å². The largest absolute Gasteiger partial charge is 0.392 e. The molecule has 3 heterocycles. The summed E-state index contributed by atoms with van der Waals surface area (Å²) in [5.41, 5.74) is 5.44. The summed E-state index contributed by atoms with van der Waals surface area (Å²) in [6.07, 6.45) is 5.12. The summed E-state index contributed by atoms with van der Waals surface area (Å²) in [7, 11) is 3.97. The summed E-state index contributed by atoms with van der Waals surface area (Å²) in [5, 5.41) is 11.1. The molecule has 0 aliphatic heterocycles. The maximum Gasteiger partial charge on any atom is 0.127 e. The van der Waals surface area contributed by atoms with E-state index in [9.17, 15) is 5.11 Å². The van der Waals surface area contributed by atoms with Gasteiger partial charge in [0.15, 0.2) is 0 Å². The SMILES string of the molecule is C[C@@H](O)Cn1c(-c2ccc(-c3ccc(N(C)C)nc3)cc2)cc2ccncc21. The first kappa shape index (κ1) is 18.2. The molecule has 0 spiro atoms. The second-order valence-corrected chi connectivity index (χ2v) is 7.30. The normalized spacial score (nSPS) is 12.3. The Hall–Kier alpha value is -3.18. The van der Waals surface area contributed by atoms with Crippen molar-refractivity contribution in [2.24, 2.45) is 0 Å². The number of benzene rings is 1. The molecular formula is C23H24N4O. The van der Waals surface area contributed by atoms with Crippen LogP contribution in [0.5, 0.6) is 0 Å². The fourth-order valence-electron chi connectivity index (χ4n) is 3.45. The van der Waals surface area contributed by atoms with Crippen LogP contribution in [0.4, 0.5) is 5.82 Å². The first-order valence-corrected chi connectivity index (χ1v) is 9.38. The zero-order valence-electron chi connectivity index (χ0n) is 16.4. The molecule has 1 atom stereocenters. The monoisotopic (exact) mass is 372 g/mol. The molecule has 5 nitrogen and oxygen atoms in total. The van der Waals surface area contributed by atoms with Crippen LogP contribution in [-0.4, -0.2) is 39.8 Å². The van der Waals surface area contributed by atoms with Gasteiger partial charge >= 0.3 is 0 Å². The van der Waals surface area contributed by atoms with Crippen molar-refractivity contribution >= 4 is 16.7 Å². The van der Waals surface area contributed by atoms with E-state index in [1.54, 1.807) is 13.1 Å². The third-order valence-electron chi connectivity index (χ3n) is 4.87. The molecule has 28 heavy (non-hydrogen) atoms. The van der Waals surface area contributed by atoms with E-state index in [-0.39, 0.29) is 0 Å². The average Bonchev–Trinajstić information content (AvgIpc) is 3.06. The molecule has 0 unspecified atom stereocenters. The predicted octanol–water partition coefficient (Wildman–Crippen LogP) is 4.21. The minimum atomic E-state index is -0.435. The van der Waals surface area contributed by atoms with Gasteiger partial charge in [0.05, 0.1) is 17.8 Å². The number of aliphatic hydroxyl groups excluding tert-OH is 1. The average molecular weight is 372 g/mol. The predicted molar refractivity (Wildman–Crippen MR) is 114 cm³/mol. The van der Waals surface area contributed by atoms with Crippen LogP contribution in [0.3, 0.4) is 0 Å². The Morgan fingerprint density at radius 1 is 0.964 bits per heavy atom. The Bertz CT molecular complexity index is 1080. The summed E-state index contributed by atoms with van der Waals surface area (Å²) < 4.78 is 2.13. The van der Waals surface area contributed by atoms with E-state index in [0.717, 1.165) is 39.1 Å². The van der Waals surface area contributed by atoms with Crippen LogP contribution in [0.25, 0.3) is 33.3 Å². The van der Waals surface area contributed by atoms with Gasteiger partial charge in [-0.15, -0.1) is 0 Å². The van der Waals surface area contributed by atoms with Gasteiger partial charge in [0, 0.05) is 49.7 Å². The molecule has 0 radical (unpaired) electrons. The fourth-order valence-corrected chi connectivity index (χ4v) is 3.45. The van der Waals surface area contributed by atoms with Crippen LogP contribution in [-0.2, 0) is 6.54 Å². The zero-order chi connectivity index (χ0) is 19.7. The van der Waals surface area contributed by atoms with Crippen molar-refractivity contribution in [3.8, 4) is 22.4 Å². The Labute approximate surface area is 164 Å². The van der Waals surface area contributed by atoms with E-state index in [1.807, 2.05) is 43.5 Å². The van der Waals surface area contributed by atoms with Gasteiger partial charge in [0.25, 0.3) is 0 Å². The van der Waals surface area contributed by atoms with Crippen LogP contribution in [0.2, 0.25) is 0 Å². The lowest BCUT2D eigenvalue weighted by atomic mass is 10.0. The Kier molecular flexibility index (Phi) is 4.84. The van der Waals surface area contributed by atoms with Crippen molar-refractivity contribution in [1.29, 1.82) is 0 Å². The van der Waals surface area contributed by atoms with E-state index >= 15 is 0 Å². The first-order valence-electron chi connectivity index (χ1n) is 9.38. The number of hydrogen-bond acceptors (Lipinski definition) is 4.